The summed E-state index contributed by atoms with van der Waals surface area (Å²) in [5, 5.41) is 4.09. The number of alkyl halides is 1. The van der Waals surface area contributed by atoms with Crippen molar-refractivity contribution in [2.24, 2.45) is 7.05 Å². The summed E-state index contributed by atoms with van der Waals surface area (Å²) in [5.41, 5.74) is 4.48. The Kier molecular flexibility index (Phi) is 3.26. The number of rotatable bonds is 3. The van der Waals surface area contributed by atoms with Crippen molar-refractivity contribution in [2.75, 3.05) is 0 Å². The summed E-state index contributed by atoms with van der Waals surface area (Å²) in [7, 11) is 1.92. The first-order valence-corrected chi connectivity index (χ1v) is 7.06. The summed E-state index contributed by atoms with van der Waals surface area (Å²) in [6.45, 7) is 4.78. The van der Waals surface area contributed by atoms with Gasteiger partial charge in [-0.15, -0.1) is 11.6 Å². The molecular weight excluding hydrogens is 272 g/mol. The average Bonchev–Trinajstić information content (AvgIpc) is 2.95. The van der Waals surface area contributed by atoms with E-state index in [1.807, 2.05) is 37.1 Å². The fourth-order valence-electron chi connectivity index (χ4n) is 2.46. The molecule has 0 saturated heterocycles. The maximum Gasteiger partial charge on any atom is 0.128 e. The van der Waals surface area contributed by atoms with Gasteiger partial charge in [0.25, 0.3) is 0 Å². The molecule has 0 fully saturated rings. The minimum absolute atomic E-state index is 0.126. The van der Waals surface area contributed by atoms with Crippen molar-refractivity contribution in [3.63, 3.8) is 0 Å². The normalized spacial score (nSPS) is 13.0. The Labute approximate surface area is 123 Å². The summed E-state index contributed by atoms with van der Waals surface area (Å²) in [4.78, 5) is 4.66. The number of aryl methyl sites for hydroxylation is 2. The van der Waals surface area contributed by atoms with Crippen LogP contribution in [-0.4, -0.2) is 19.3 Å². The van der Waals surface area contributed by atoms with Gasteiger partial charge >= 0.3 is 0 Å². The molecular formula is C15H17ClN4. The molecule has 3 rings (SSSR count). The van der Waals surface area contributed by atoms with Gasteiger partial charge in [0.1, 0.15) is 5.82 Å². The molecule has 0 radical (unpaired) electrons. The van der Waals surface area contributed by atoms with E-state index in [0.29, 0.717) is 0 Å². The van der Waals surface area contributed by atoms with Crippen LogP contribution in [-0.2, 0) is 13.6 Å². The third-order valence-electron chi connectivity index (χ3n) is 3.39. The van der Waals surface area contributed by atoms with Crippen molar-refractivity contribution in [3.8, 4) is 0 Å². The van der Waals surface area contributed by atoms with Crippen molar-refractivity contribution in [2.45, 2.75) is 25.8 Å². The van der Waals surface area contributed by atoms with Crippen molar-refractivity contribution in [3.05, 3.63) is 47.5 Å². The molecule has 0 N–H and O–H groups in total. The Morgan fingerprint density at radius 1 is 1.35 bits per heavy atom. The summed E-state index contributed by atoms with van der Waals surface area (Å²) in [5.74, 6) is 0.899. The second-order valence-corrected chi connectivity index (χ2v) is 5.84. The largest absolute Gasteiger partial charge is 0.322 e. The van der Waals surface area contributed by atoms with E-state index < -0.39 is 0 Å². The molecule has 0 aliphatic heterocycles. The molecule has 2 heterocycles. The third-order valence-corrected chi connectivity index (χ3v) is 3.58. The standard InChI is InChI=1S/C15H17ClN4/c1-10-4-5-13-14(6-10)20(15(18-13)11(2)16)9-12-7-17-19(3)8-12/h4-8,11H,9H2,1-3H3. The van der Waals surface area contributed by atoms with E-state index in [2.05, 4.69) is 33.7 Å². The third kappa shape index (κ3) is 2.31. The number of imidazole rings is 1. The molecule has 104 valence electrons. The Morgan fingerprint density at radius 2 is 2.15 bits per heavy atom. The zero-order chi connectivity index (χ0) is 14.3. The molecule has 0 spiro atoms. The lowest BCUT2D eigenvalue weighted by Gasteiger charge is -2.09. The topological polar surface area (TPSA) is 35.6 Å². The molecule has 1 atom stereocenters. The van der Waals surface area contributed by atoms with Crippen LogP contribution >= 0.6 is 11.6 Å². The van der Waals surface area contributed by atoms with Crippen LogP contribution in [0.1, 0.15) is 29.3 Å². The smallest absolute Gasteiger partial charge is 0.128 e. The number of benzene rings is 1. The van der Waals surface area contributed by atoms with E-state index in [4.69, 9.17) is 11.6 Å². The lowest BCUT2D eigenvalue weighted by Crippen LogP contribution is -2.05. The van der Waals surface area contributed by atoms with E-state index >= 15 is 0 Å². The summed E-state index contributed by atoms with van der Waals surface area (Å²) >= 11 is 6.29. The van der Waals surface area contributed by atoms with Crippen molar-refractivity contribution >= 4 is 22.6 Å². The highest BCUT2D eigenvalue weighted by Gasteiger charge is 2.15. The monoisotopic (exact) mass is 288 g/mol. The van der Waals surface area contributed by atoms with Crippen LogP contribution in [0.4, 0.5) is 0 Å². The van der Waals surface area contributed by atoms with E-state index in [9.17, 15) is 0 Å². The van der Waals surface area contributed by atoms with Gasteiger partial charge in [0, 0.05) is 18.8 Å². The number of fused-ring (bicyclic) bond motifs is 1. The van der Waals surface area contributed by atoms with Gasteiger partial charge in [-0.05, 0) is 31.5 Å². The van der Waals surface area contributed by atoms with E-state index in [1.54, 1.807) is 0 Å². The molecule has 2 aromatic heterocycles. The number of nitrogens with zero attached hydrogens (tertiary/aromatic N) is 4. The first kappa shape index (κ1) is 13.2. The predicted molar refractivity (Wildman–Crippen MR) is 81.0 cm³/mol. The van der Waals surface area contributed by atoms with Crippen LogP contribution < -0.4 is 0 Å². The Bertz CT molecular complexity index is 754. The van der Waals surface area contributed by atoms with E-state index in [1.165, 1.54) is 5.56 Å². The highest BCUT2D eigenvalue weighted by molar-refractivity contribution is 6.20. The highest BCUT2D eigenvalue weighted by atomic mass is 35.5. The van der Waals surface area contributed by atoms with Crippen molar-refractivity contribution in [1.29, 1.82) is 0 Å². The fourth-order valence-corrected chi connectivity index (χ4v) is 2.62. The highest BCUT2D eigenvalue weighted by Crippen LogP contribution is 2.26. The van der Waals surface area contributed by atoms with Crippen LogP contribution in [0, 0.1) is 6.92 Å². The zero-order valence-electron chi connectivity index (χ0n) is 11.8. The van der Waals surface area contributed by atoms with Crippen LogP contribution in [0.15, 0.2) is 30.6 Å². The van der Waals surface area contributed by atoms with Crippen LogP contribution in [0.25, 0.3) is 11.0 Å². The van der Waals surface area contributed by atoms with Crippen LogP contribution in [0.2, 0.25) is 0 Å². The number of halogens is 1. The molecule has 20 heavy (non-hydrogen) atoms. The quantitative estimate of drug-likeness (QED) is 0.692. The molecule has 4 nitrogen and oxygen atoms in total. The molecule has 5 heteroatoms. The average molecular weight is 289 g/mol. The van der Waals surface area contributed by atoms with Gasteiger partial charge < -0.3 is 4.57 Å². The van der Waals surface area contributed by atoms with Gasteiger partial charge in [-0.1, -0.05) is 6.07 Å². The molecule has 0 saturated carbocycles. The maximum absolute atomic E-state index is 6.29. The van der Waals surface area contributed by atoms with Crippen molar-refractivity contribution < 1.29 is 0 Å². The fraction of sp³-hybridized carbons (Fsp3) is 0.333. The second-order valence-electron chi connectivity index (χ2n) is 5.19. The van der Waals surface area contributed by atoms with Gasteiger partial charge in [0.2, 0.25) is 0 Å². The Hall–Kier alpha value is -1.81. The second kappa shape index (κ2) is 4.94. The molecule has 1 aromatic carbocycles. The van der Waals surface area contributed by atoms with Crippen LogP contribution in [0.3, 0.4) is 0 Å². The Balaban J connectivity index is 2.15. The first-order valence-electron chi connectivity index (χ1n) is 6.63. The first-order chi connectivity index (χ1) is 9.54. The van der Waals surface area contributed by atoms with Crippen molar-refractivity contribution in [1.82, 2.24) is 19.3 Å². The Morgan fingerprint density at radius 3 is 2.80 bits per heavy atom. The molecule has 1 unspecified atom stereocenters. The summed E-state index contributed by atoms with van der Waals surface area (Å²) in [6, 6.07) is 6.28. The van der Waals surface area contributed by atoms with Crippen LogP contribution in [0.5, 0.6) is 0 Å². The number of aromatic nitrogens is 4. The summed E-state index contributed by atoms with van der Waals surface area (Å²) in [6.07, 6.45) is 3.90. The zero-order valence-corrected chi connectivity index (χ0v) is 12.6. The van der Waals surface area contributed by atoms with E-state index in [-0.39, 0.29) is 5.38 Å². The van der Waals surface area contributed by atoms with Gasteiger partial charge in [-0.3, -0.25) is 4.68 Å². The minimum Gasteiger partial charge on any atom is -0.322 e. The summed E-state index contributed by atoms with van der Waals surface area (Å²) < 4.78 is 3.99. The molecule has 0 bridgehead atoms. The maximum atomic E-state index is 6.29. The van der Waals surface area contributed by atoms with Gasteiger partial charge in [-0.25, -0.2) is 4.98 Å². The lowest BCUT2D eigenvalue weighted by atomic mass is 10.2. The molecule has 0 aliphatic carbocycles. The number of hydrogen-bond acceptors (Lipinski definition) is 2. The van der Waals surface area contributed by atoms with Gasteiger partial charge in [0.05, 0.1) is 29.2 Å². The van der Waals surface area contributed by atoms with E-state index in [0.717, 1.165) is 29.0 Å². The molecule has 3 aromatic rings. The molecule has 0 amide bonds. The number of hydrogen-bond donors (Lipinski definition) is 0. The predicted octanol–water partition coefficient (Wildman–Crippen LogP) is 3.43. The minimum atomic E-state index is -0.126. The lowest BCUT2D eigenvalue weighted by molar-refractivity contribution is 0.738. The van der Waals surface area contributed by atoms with Gasteiger partial charge in [0.15, 0.2) is 0 Å². The molecule has 0 aliphatic rings. The SMILES string of the molecule is Cc1ccc2nc(C(C)Cl)n(Cc3cnn(C)c3)c2c1. The van der Waals surface area contributed by atoms with Gasteiger partial charge in [-0.2, -0.15) is 5.10 Å².